The van der Waals surface area contributed by atoms with E-state index in [1.165, 1.54) is 6.33 Å². The minimum Gasteiger partial charge on any atom is -0.393 e. The zero-order valence-electron chi connectivity index (χ0n) is 17.0. The van der Waals surface area contributed by atoms with Crippen LogP contribution in [0.15, 0.2) is 91.3 Å². The molecule has 4 aromatic carbocycles. The number of fused-ring (bicyclic) bond motifs is 2. The Morgan fingerprint density at radius 2 is 1.34 bits per heavy atom. The first kappa shape index (κ1) is 19.3. The van der Waals surface area contributed by atoms with E-state index < -0.39 is 0 Å². The maximum atomic E-state index is 12.8. The molecule has 0 aliphatic rings. The molecule has 0 aliphatic heterocycles. The molecule has 0 saturated carbocycles. The summed E-state index contributed by atoms with van der Waals surface area (Å²) in [5.41, 5.74) is 13.5. The van der Waals surface area contributed by atoms with Crippen molar-refractivity contribution in [1.82, 2.24) is 15.4 Å². The SMILES string of the molecule is Nc1c(NNC(=O)c2cccc3ccccc23)ncnc1Nc1cccc2ccccc12. The third-order valence-electron chi connectivity index (χ3n) is 5.26. The predicted octanol–water partition coefficient (Wildman–Crippen LogP) is 4.87. The molecule has 1 aromatic heterocycles. The Morgan fingerprint density at radius 3 is 2.16 bits per heavy atom. The number of nitrogens with zero attached hydrogens (tertiary/aromatic N) is 2. The number of carbonyl (C=O) groups is 1. The van der Waals surface area contributed by atoms with Gasteiger partial charge in [-0.25, -0.2) is 9.97 Å². The van der Waals surface area contributed by atoms with Gasteiger partial charge in [-0.05, 0) is 28.3 Å². The van der Waals surface area contributed by atoms with Gasteiger partial charge in [0.25, 0.3) is 5.91 Å². The summed E-state index contributed by atoms with van der Waals surface area (Å²) in [6, 6.07) is 27.3. The lowest BCUT2D eigenvalue weighted by Gasteiger charge is -2.14. The number of benzene rings is 4. The van der Waals surface area contributed by atoms with E-state index in [-0.39, 0.29) is 5.91 Å². The largest absolute Gasteiger partial charge is 0.393 e. The fourth-order valence-electron chi connectivity index (χ4n) is 3.66. The fourth-order valence-corrected chi connectivity index (χ4v) is 3.66. The topological polar surface area (TPSA) is 105 Å². The van der Waals surface area contributed by atoms with Crippen LogP contribution < -0.4 is 21.9 Å². The summed E-state index contributed by atoms with van der Waals surface area (Å²) in [4.78, 5) is 21.2. The number of hydrogen-bond donors (Lipinski definition) is 4. The van der Waals surface area contributed by atoms with Crippen molar-refractivity contribution in [3.63, 3.8) is 0 Å². The average Bonchev–Trinajstić information content (AvgIpc) is 2.84. The van der Waals surface area contributed by atoms with Gasteiger partial charge in [-0.2, -0.15) is 0 Å². The van der Waals surface area contributed by atoms with Crippen molar-refractivity contribution in [3.05, 3.63) is 96.8 Å². The average molecular weight is 420 g/mol. The molecular weight excluding hydrogens is 400 g/mol. The number of aromatic nitrogens is 2. The highest BCUT2D eigenvalue weighted by atomic mass is 16.2. The molecule has 5 aromatic rings. The third-order valence-corrected chi connectivity index (χ3v) is 5.26. The van der Waals surface area contributed by atoms with Gasteiger partial charge in [-0.15, -0.1) is 0 Å². The van der Waals surface area contributed by atoms with E-state index in [0.717, 1.165) is 27.2 Å². The van der Waals surface area contributed by atoms with Crippen molar-refractivity contribution >= 4 is 50.5 Å². The van der Waals surface area contributed by atoms with Gasteiger partial charge in [-0.3, -0.25) is 15.6 Å². The van der Waals surface area contributed by atoms with Crippen LogP contribution in [0.4, 0.5) is 23.0 Å². The Kier molecular flexibility index (Phi) is 4.97. The zero-order valence-corrected chi connectivity index (χ0v) is 17.0. The molecule has 0 spiro atoms. The second-order valence-electron chi connectivity index (χ2n) is 7.24. The number of carbonyl (C=O) groups excluding carboxylic acids is 1. The van der Waals surface area contributed by atoms with Gasteiger partial charge in [0.15, 0.2) is 11.6 Å². The number of rotatable bonds is 5. The molecular formula is C25H20N6O. The molecule has 156 valence electrons. The van der Waals surface area contributed by atoms with Gasteiger partial charge >= 0.3 is 0 Å². The van der Waals surface area contributed by atoms with Crippen LogP contribution in [0.3, 0.4) is 0 Å². The van der Waals surface area contributed by atoms with E-state index in [1.54, 1.807) is 6.07 Å². The third kappa shape index (κ3) is 3.63. The maximum Gasteiger partial charge on any atom is 0.270 e. The number of nitrogen functional groups attached to an aromatic ring is 1. The highest BCUT2D eigenvalue weighted by Gasteiger charge is 2.13. The summed E-state index contributed by atoms with van der Waals surface area (Å²) in [6.45, 7) is 0. The Labute approximate surface area is 184 Å². The zero-order chi connectivity index (χ0) is 21.9. The Bertz CT molecular complexity index is 1440. The van der Waals surface area contributed by atoms with E-state index in [2.05, 4.69) is 26.1 Å². The minimum atomic E-state index is -0.289. The van der Waals surface area contributed by atoms with Crippen molar-refractivity contribution in [3.8, 4) is 0 Å². The lowest BCUT2D eigenvalue weighted by molar-refractivity contribution is 0.0964. The number of nitrogens with two attached hydrogens (primary N) is 1. The molecule has 0 saturated heterocycles. The van der Waals surface area contributed by atoms with E-state index in [1.807, 2.05) is 78.9 Å². The molecule has 32 heavy (non-hydrogen) atoms. The molecule has 0 atom stereocenters. The highest BCUT2D eigenvalue weighted by Crippen LogP contribution is 2.30. The molecule has 1 heterocycles. The van der Waals surface area contributed by atoms with Crippen molar-refractivity contribution in [2.75, 3.05) is 16.5 Å². The van der Waals surface area contributed by atoms with Crippen LogP contribution in [0.2, 0.25) is 0 Å². The van der Waals surface area contributed by atoms with Crippen molar-refractivity contribution in [2.45, 2.75) is 0 Å². The van der Waals surface area contributed by atoms with Crippen LogP contribution in [0.1, 0.15) is 10.4 Å². The van der Waals surface area contributed by atoms with Crippen molar-refractivity contribution in [1.29, 1.82) is 0 Å². The lowest BCUT2D eigenvalue weighted by atomic mass is 10.0. The van der Waals surface area contributed by atoms with E-state index >= 15 is 0 Å². The Morgan fingerprint density at radius 1 is 0.719 bits per heavy atom. The van der Waals surface area contributed by atoms with Gasteiger partial charge in [0.2, 0.25) is 0 Å². The maximum absolute atomic E-state index is 12.8. The first-order valence-electron chi connectivity index (χ1n) is 10.1. The molecule has 0 aliphatic carbocycles. The number of amides is 1. The summed E-state index contributed by atoms with van der Waals surface area (Å²) < 4.78 is 0. The van der Waals surface area contributed by atoms with Gasteiger partial charge < -0.3 is 11.1 Å². The first-order chi connectivity index (χ1) is 15.7. The molecule has 5 rings (SSSR count). The number of nitrogens with one attached hydrogen (secondary N) is 3. The van der Waals surface area contributed by atoms with Crippen molar-refractivity contribution < 1.29 is 4.79 Å². The molecule has 0 unspecified atom stereocenters. The Balaban J connectivity index is 1.37. The summed E-state index contributed by atoms with van der Waals surface area (Å²) in [6.07, 6.45) is 1.39. The van der Waals surface area contributed by atoms with Gasteiger partial charge in [0, 0.05) is 16.6 Å². The van der Waals surface area contributed by atoms with Gasteiger partial charge in [0.05, 0.1) is 0 Å². The summed E-state index contributed by atoms with van der Waals surface area (Å²) in [5.74, 6) is 0.456. The first-order valence-corrected chi connectivity index (χ1v) is 10.1. The molecule has 7 heteroatoms. The van der Waals surface area contributed by atoms with Crippen LogP contribution >= 0.6 is 0 Å². The van der Waals surface area contributed by atoms with Crippen LogP contribution in [-0.4, -0.2) is 15.9 Å². The van der Waals surface area contributed by atoms with Crippen LogP contribution in [0.25, 0.3) is 21.5 Å². The molecule has 7 nitrogen and oxygen atoms in total. The van der Waals surface area contributed by atoms with E-state index in [9.17, 15) is 4.79 Å². The normalized spacial score (nSPS) is 10.8. The van der Waals surface area contributed by atoms with E-state index in [4.69, 9.17) is 5.73 Å². The minimum absolute atomic E-state index is 0.289. The molecule has 5 N–H and O–H groups in total. The molecule has 0 radical (unpaired) electrons. The van der Waals surface area contributed by atoms with Gasteiger partial charge in [-0.1, -0.05) is 72.8 Å². The molecule has 0 bridgehead atoms. The standard InChI is InChI=1S/C25H20N6O/c26-22-23(29-21-14-6-10-17-8-2-4-12-19(17)21)27-15-28-24(22)30-31-25(32)20-13-5-9-16-7-1-3-11-18(16)20/h1-15H,26H2,(H,31,32)(H2,27,28,29,30). The summed E-state index contributed by atoms with van der Waals surface area (Å²) >= 11 is 0. The predicted molar refractivity (Wildman–Crippen MR) is 129 cm³/mol. The van der Waals surface area contributed by atoms with Crippen LogP contribution in [0.5, 0.6) is 0 Å². The number of hydrogen-bond acceptors (Lipinski definition) is 6. The van der Waals surface area contributed by atoms with Crippen molar-refractivity contribution in [2.24, 2.45) is 0 Å². The van der Waals surface area contributed by atoms with E-state index in [0.29, 0.717) is 22.9 Å². The smallest absolute Gasteiger partial charge is 0.270 e. The summed E-state index contributed by atoms with van der Waals surface area (Å²) in [7, 11) is 0. The van der Waals surface area contributed by atoms with Crippen LogP contribution in [0, 0.1) is 0 Å². The number of anilines is 4. The van der Waals surface area contributed by atoms with Crippen LogP contribution in [-0.2, 0) is 0 Å². The second kappa shape index (κ2) is 8.23. The second-order valence-corrected chi connectivity index (χ2v) is 7.24. The number of hydrazine groups is 1. The fraction of sp³-hybridized carbons (Fsp3) is 0. The monoisotopic (exact) mass is 420 g/mol. The Hall–Kier alpha value is -4.65. The summed E-state index contributed by atoms with van der Waals surface area (Å²) in [5, 5.41) is 7.27. The quantitative estimate of drug-likeness (QED) is 0.303. The van der Waals surface area contributed by atoms with Gasteiger partial charge in [0.1, 0.15) is 12.0 Å². The molecule has 0 fully saturated rings. The molecule has 1 amide bonds. The highest BCUT2D eigenvalue weighted by molar-refractivity contribution is 6.07. The lowest BCUT2D eigenvalue weighted by Crippen LogP contribution is -2.30.